The number of carbonyl (C=O) groups is 1. The van der Waals surface area contributed by atoms with Crippen molar-refractivity contribution in [3.05, 3.63) is 76.1 Å². The van der Waals surface area contributed by atoms with E-state index in [2.05, 4.69) is 46.1 Å². The molecule has 0 aromatic heterocycles. The molecule has 0 spiro atoms. The molecule has 0 saturated heterocycles. The zero-order valence-corrected chi connectivity index (χ0v) is 19.5. The lowest BCUT2D eigenvalue weighted by Gasteiger charge is -2.26. The first-order valence-electron chi connectivity index (χ1n) is 10.6. The molecular formula is C26H34O3S. The van der Waals surface area contributed by atoms with Gasteiger partial charge < -0.3 is 9.84 Å². The summed E-state index contributed by atoms with van der Waals surface area (Å²) >= 11 is 1.64. The lowest BCUT2D eigenvalue weighted by molar-refractivity contribution is -0.115. The molecule has 30 heavy (non-hydrogen) atoms. The molecule has 0 bridgehead atoms. The number of methoxy groups -OCH3 is 1. The van der Waals surface area contributed by atoms with E-state index in [-0.39, 0.29) is 17.5 Å². The number of Topliss-reactive ketones (excluding diaryl/α,β-unsaturated/α-hetero) is 1. The predicted octanol–water partition coefficient (Wildman–Crippen LogP) is 6.72. The molecule has 2 rings (SSSR count). The van der Waals surface area contributed by atoms with Gasteiger partial charge in [-0.15, -0.1) is 11.8 Å². The van der Waals surface area contributed by atoms with Gasteiger partial charge in [-0.05, 0) is 60.6 Å². The van der Waals surface area contributed by atoms with Crippen LogP contribution in [0.25, 0.3) is 5.57 Å². The van der Waals surface area contributed by atoms with Crippen molar-refractivity contribution >= 4 is 23.1 Å². The molecule has 1 aliphatic rings. The maximum Gasteiger partial charge on any atom is 0.167 e. The van der Waals surface area contributed by atoms with Crippen LogP contribution in [0.2, 0.25) is 0 Å². The van der Waals surface area contributed by atoms with Crippen molar-refractivity contribution in [1.82, 2.24) is 0 Å². The van der Waals surface area contributed by atoms with E-state index in [4.69, 9.17) is 4.74 Å². The normalized spacial score (nSPS) is 17.6. The van der Waals surface area contributed by atoms with Gasteiger partial charge in [0.15, 0.2) is 5.78 Å². The summed E-state index contributed by atoms with van der Waals surface area (Å²) in [4.78, 5) is 14.0. The molecule has 0 aliphatic heterocycles. The third kappa shape index (κ3) is 5.48. The van der Waals surface area contributed by atoms with E-state index < -0.39 is 0 Å². The molecule has 1 aromatic rings. The minimum absolute atomic E-state index is 0.0603. The highest BCUT2D eigenvalue weighted by Gasteiger charge is 2.30. The summed E-state index contributed by atoms with van der Waals surface area (Å²) < 4.78 is 5.31. The predicted molar refractivity (Wildman–Crippen MR) is 129 cm³/mol. The highest BCUT2D eigenvalue weighted by Crippen LogP contribution is 2.38. The molecular weight excluding hydrogens is 392 g/mol. The molecule has 3 nitrogen and oxygen atoms in total. The van der Waals surface area contributed by atoms with Gasteiger partial charge in [-0.3, -0.25) is 4.79 Å². The minimum atomic E-state index is 0.0603. The van der Waals surface area contributed by atoms with E-state index in [1.807, 2.05) is 0 Å². The van der Waals surface area contributed by atoms with Crippen LogP contribution < -0.4 is 0 Å². The van der Waals surface area contributed by atoms with E-state index in [0.717, 1.165) is 46.6 Å². The fourth-order valence-corrected chi connectivity index (χ4v) is 5.23. The molecule has 0 radical (unpaired) electrons. The number of benzene rings is 1. The monoisotopic (exact) mass is 426 g/mol. The molecule has 162 valence electrons. The average Bonchev–Trinajstić information content (AvgIpc) is 2.73. The zero-order valence-electron chi connectivity index (χ0n) is 18.7. The van der Waals surface area contributed by atoms with Gasteiger partial charge in [0, 0.05) is 17.7 Å². The summed E-state index contributed by atoms with van der Waals surface area (Å²) in [5, 5.41) is 10.9. The summed E-state index contributed by atoms with van der Waals surface area (Å²) in [6, 6.07) is 4.28. The Bertz CT molecular complexity index is 851. The lowest BCUT2D eigenvalue weighted by atomic mass is 9.79. The van der Waals surface area contributed by atoms with Crippen molar-refractivity contribution in [1.29, 1.82) is 0 Å². The topological polar surface area (TPSA) is 46.5 Å². The number of hydrogen-bond donors (Lipinski definition) is 1. The van der Waals surface area contributed by atoms with Crippen molar-refractivity contribution in [3.63, 3.8) is 0 Å². The van der Waals surface area contributed by atoms with Crippen LogP contribution in [0.15, 0.2) is 53.9 Å². The number of carbonyl (C=O) groups excluding carboxylic acids is 1. The quantitative estimate of drug-likeness (QED) is 0.333. The number of aliphatic hydroxyl groups is 1. The second-order valence-corrected chi connectivity index (χ2v) is 8.80. The van der Waals surface area contributed by atoms with Gasteiger partial charge in [0.05, 0.1) is 12.7 Å². The Morgan fingerprint density at radius 3 is 2.30 bits per heavy atom. The molecule has 0 fully saturated rings. The summed E-state index contributed by atoms with van der Waals surface area (Å²) in [5.41, 5.74) is 5.01. The average molecular weight is 427 g/mol. The maximum absolute atomic E-state index is 13.1. The summed E-state index contributed by atoms with van der Waals surface area (Å²) in [6.45, 7) is 13.9. The highest BCUT2D eigenvalue weighted by molar-refractivity contribution is 8.03. The van der Waals surface area contributed by atoms with E-state index in [1.54, 1.807) is 31.0 Å². The SMILES string of the molecule is C=C/C(OC)=C(\C=C)SCCC1CC(=O)C(c2c(CC)cc(C)cc2CC)=C(O)C1. The summed E-state index contributed by atoms with van der Waals surface area (Å²) in [6.07, 6.45) is 7.00. The van der Waals surface area contributed by atoms with E-state index in [1.165, 1.54) is 5.56 Å². The fraction of sp³-hybridized carbons (Fsp3) is 0.423. The fourth-order valence-electron chi connectivity index (χ4n) is 4.13. The van der Waals surface area contributed by atoms with Crippen LogP contribution in [0.5, 0.6) is 0 Å². The Kier molecular flexibility index (Phi) is 9.04. The molecule has 1 aliphatic carbocycles. The molecule has 0 saturated carbocycles. The van der Waals surface area contributed by atoms with Crippen molar-refractivity contribution in [2.75, 3.05) is 12.9 Å². The van der Waals surface area contributed by atoms with Crippen molar-refractivity contribution < 1.29 is 14.6 Å². The van der Waals surface area contributed by atoms with Gasteiger partial charge in [-0.2, -0.15) is 0 Å². The number of aryl methyl sites for hydroxylation is 3. The second-order valence-electron chi connectivity index (χ2n) is 7.66. The van der Waals surface area contributed by atoms with Crippen LogP contribution in [0.3, 0.4) is 0 Å². The largest absolute Gasteiger partial charge is 0.512 e. The third-order valence-electron chi connectivity index (χ3n) is 5.60. The first-order chi connectivity index (χ1) is 14.4. The van der Waals surface area contributed by atoms with Gasteiger partial charge in [-0.25, -0.2) is 0 Å². The van der Waals surface area contributed by atoms with Crippen molar-refractivity contribution in [2.24, 2.45) is 5.92 Å². The first kappa shape index (κ1) is 24.1. The molecule has 0 heterocycles. The molecule has 1 N–H and O–H groups in total. The Labute approximate surface area is 185 Å². The van der Waals surface area contributed by atoms with Gasteiger partial charge in [0.2, 0.25) is 0 Å². The number of thioether (sulfide) groups is 1. The summed E-state index contributed by atoms with van der Waals surface area (Å²) in [7, 11) is 1.62. The van der Waals surface area contributed by atoms with Crippen LogP contribution in [-0.2, 0) is 22.4 Å². The van der Waals surface area contributed by atoms with Crippen LogP contribution >= 0.6 is 11.8 Å². The standard InChI is InChI=1S/C26H34O3S/c1-7-19-13-17(5)14-20(8-2)25(19)26-21(27)15-18(16-22(26)28)11-12-30-24(10-4)23(9-3)29-6/h9-10,13-14,18,27H,3-4,7-8,11-12,15-16H2,1-2,5-6H3/b24-23-. The van der Waals surface area contributed by atoms with E-state index >= 15 is 0 Å². The van der Waals surface area contributed by atoms with Crippen molar-refractivity contribution in [3.8, 4) is 0 Å². The number of ether oxygens (including phenoxy) is 1. The summed E-state index contributed by atoms with van der Waals surface area (Å²) in [5.74, 6) is 1.99. The van der Waals surface area contributed by atoms with E-state index in [0.29, 0.717) is 24.2 Å². The molecule has 0 amide bonds. The Morgan fingerprint density at radius 1 is 1.20 bits per heavy atom. The van der Waals surface area contributed by atoms with E-state index in [9.17, 15) is 9.90 Å². The number of ketones is 1. The molecule has 4 heteroatoms. The second kappa shape index (κ2) is 11.3. The lowest BCUT2D eigenvalue weighted by Crippen LogP contribution is -2.21. The number of aliphatic hydroxyl groups excluding tert-OH is 1. The maximum atomic E-state index is 13.1. The highest BCUT2D eigenvalue weighted by atomic mass is 32.2. The first-order valence-corrected chi connectivity index (χ1v) is 11.6. The number of allylic oxidation sites excluding steroid dienone is 4. The Morgan fingerprint density at radius 2 is 1.83 bits per heavy atom. The smallest absolute Gasteiger partial charge is 0.167 e. The van der Waals surface area contributed by atoms with Gasteiger partial charge >= 0.3 is 0 Å². The van der Waals surface area contributed by atoms with Gasteiger partial charge in [0.25, 0.3) is 0 Å². The van der Waals surface area contributed by atoms with Crippen LogP contribution in [-0.4, -0.2) is 23.8 Å². The molecule has 1 atom stereocenters. The van der Waals surface area contributed by atoms with Crippen LogP contribution in [0.4, 0.5) is 0 Å². The third-order valence-corrected chi connectivity index (χ3v) is 6.72. The van der Waals surface area contributed by atoms with Crippen LogP contribution in [0, 0.1) is 12.8 Å². The van der Waals surface area contributed by atoms with Gasteiger partial charge in [0.1, 0.15) is 11.5 Å². The minimum Gasteiger partial charge on any atom is -0.512 e. The molecule has 1 aromatic carbocycles. The Balaban J connectivity index is 2.21. The van der Waals surface area contributed by atoms with Crippen molar-refractivity contribution in [2.45, 2.75) is 52.9 Å². The number of rotatable bonds is 10. The van der Waals surface area contributed by atoms with Gasteiger partial charge in [-0.1, -0.05) is 50.8 Å². The number of hydrogen-bond acceptors (Lipinski definition) is 4. The zero-order chi connectivity index (χ0) is 22.3. The van der Waals surface area contributed by atoms with Crippen LogP contribution in [0.1, 0.15) is 55.4 Å². The molecule has 1 unspecified atom stereocenters. The Hall–Kier alpha value is -2.20.